The van der Waals surface area contributed by atoms with Crippen LogP contribution in [-0.2, 0) is 22.6 Å². The number of carbonyl (C=O) groups is 2. The number of rotatable bonds is 9. The van der Waals surface area contributed by atoms with Gasteiger partial charge in [0.25, 0.3) is 5.56 Å². The zero-order valence-corrected chi connectivity index (χ0v) is 17.3. The molecule has 3 N–H and O–H groups in total. The molecule has 1 aromatic carbocycles. The van der Waals surface area contributed by atoms with Crippen molar-refractivity contribution >= 4 is 28.4 Å². The summed E-state index contributed by atoms with van der Waals surface area (Å²) in [6.07, 6.45) is 8.95. The molecule has 8 heteroatoms. The number of hydroxylamine groups is 1. The summed E-state index contributed by atoms with van der Waals surface area (Å²) >= 11 is 0. The first-order valence-electron chi connectivity index (χ1n) is 10.8. The van der Waals surface area contributed by atoms with Gasteiger partial charge in [0.15, 0.2) is 0 Å². The second-order valence-electron chi connectivity index (χ2n) is 7.88. The first-order valence-corrected chi connectivity index (χ1v) is 10.8. The van der Waals surface area contributed by atoms with Crippen molar-refractivity contribution in [3.8, 4) is 0 Å². The fraction of sp³-hybridized carbons (Fsp3) is 0.545. The van der Waals surface area contributed by atoms with Gasteiger partial charge in [0.05, 0.1) is 10.9 Å². The molecule has 1 aliphatic heterocycles. The molecule has 0 bridgehead atoms. The maximum absolute atomic E-state index is 12.9. The van der Waals surface area contributed by atoms with Gasteiger partial charge in [0.2, 0.25) is 11.8 Å². The Kier molecular flexibility index (Phi) is 7.96. The summed E-state index contributed by atoms with van der Waals surface area (Å²) in [5.74, 6) is 0.422. The zero-order chi connectivity index (χ0) is 21.3. The molecule has 0 saturated heterocycles. The molecular weight excluding hydrogens is 384 g/mol. The molecule has 0 saturated carbocycles. The Balaban J connectivity index is 1.51. The van der Waals surface area contributed by atoms with E-state index in [1.807, 2.05) is 0 Å². The van der Waals surface area contributed by atoms with Gasteiger partial charge in [-0.05, 0) is 43.9 Å². The van der Waals surface area contributed by atoms with Crippen molar-refractivity contribution in [3.63, 3.8) is 0 Å². The summed E-state index contributed by atoms with van der Waals surface area (Å²) in [5.41, 5.74) is 2.90. The van der Waals surface area contributed by atoms with Gasteiger partial charge in [-0.25, -0.2) is 10.5 Å². The summed E-state index contributed by atoms with van der Waals surface area (Å²) in [6, 6.07) is 5.33. The lowest BCUT2D eigenvalue weighted by Gasteiger charge is -2.11. The summed E-state index contributed by atoms with van der Waals surface area (Å²) < 4.78 is 1.78. The molecule has 1 aromatic heterocycles. The molecule has 0 aliphatic carbocycles. The Morgan fingerprint density at radius 3 is 2.50 bits per heavy atom. The van der Waals surface area contributed by atoms with Crippen LogP contribution in [0.15, 0.2) is 23.0 Å². The minimum Gasteiger partial charge on any atom is -0.326 e. The van der Waals surface area contributed by atoms with Crippen LogP contribution in [0.2, 0.25) is 0 Å². The summed E-state index contributed by atoms with van der Waals surface area (Å²) in [6.45, 7) is 0.707. The number of unbranched alkanes of at least 4 members (excludes halogenated alkanes) is 4. The Bertz CT molecular complexity index is 954. The van der Waals surface area contributed by atoms with E-state index in [2.05, 4.69) is 10.3 Å². The van der Waals surface area contributed by atoms with Crippen LogP contribution in [0, 0.1) is 0 Å². The lowest BCUT2D eigenvalue weighted by atomic mass is 10.1. The van der Waals surface area contributed by atoms with E-state index in [-0.39, 0.29) is 17.4 Å². The Labute approximate surface area is 175 Å². The normalized spacial score (nSPS) is 13.5. The van der Waals surface area contributed by atoms with E-state index in [0.717, 1.165) is 63.6 Å². The molecule has 1 aliphatic rings. The van der Waals surface area contributed by atoms with Crippen LogP contribution in [0.5, 0.6) is 0 Å². The molecular formula is C22H30N4O4. The molecule has 8 nitrogen and oxygen atoms in total. The molecule has 0 unspecified atom stereocenters. The summed E-state index contributed by atoms with van der Waals surface area (Å²) in [5, 5.41) is 11.9. The molecule has 2 aromatic rings. The van der Waals surface area contributed by atoms with Crippen LogP contribution in [0.3, 0.4) is 0 Å². The predicted molar refractivity (Wildman–Crippen MR) is 114 cm³/mol. The van der Waals surface area contributed by atoms with Crippen molar-refractivity contribution in [2.75, 3.05) is 5.32 Å². The lowest BCUT2D eigenvalue weighted by Crippen LogP contribution is -2.24. The number of nitrogens with zero attached hydrogens (tertiary/aromatic N) is 2. The van der Waals surface area contributed by atoms with E-state index in [0.29, 0.717) is 36.0 Å². The Hall–Kier alpha value is -2.74. The van der Waals surface area contributed by atoms with Crippen molar-refractivity contribution < 1.29 is 14.8 Å². The van der Waals surface area contributed by atoms with Gasteiger partial charge in [-0.3, -0.25) is 24.2 Å². The summed E-state index contributed by atoms with van der Waals surface area (Å²) in [4.78, 5) is 40.7. The fourth-order valence-corrected chi connectivity index (χ4v) is 3.88. The topological polar surface area (TPSA) is 113 Å². The highest BCUT2D eigenvalue weighted by atomic mass is 16.5. The number of aromatic nitrogens is 2. The van der Waals surface area contributed by atoms with E-state index < -0.39 is 0 Å². The number of fused-ring (bicyclic) bond motifs is 2. The third-order valence-electron chi connectivity index (χ3n) is 5.53. The highest BCUT2D eigenvalue weighted by Gasteiger charge is 2.14. The van der Waals surface area contributed by atoms with Crippen LogP contribution >= 0.6 is 0 Å². The minimum absolute atomic E-state index is 0.0251. The van der Waals surface area contributed by atoms with E-state index >= 15 is 0 Å². The smallest absolute Gasteiger partial charge is 0.261 e. The van der Waals surface area contributed by atoms with E-state index in [9.17, 15) is 14.4 Å². The number of hydrogen-bond acceptors (Lipinski definition) is 5. The predicted octanol–water partition coefficient (Wildman–Crippen LogP) is 3.30. The number of anilines is 1. The van der Waals surface area contributed by atoms with Gasteiger partial charge in [-0.1, -0.05) is 25.7 Å². The second-order valence-corrected chi connectivity index (χ2v) is 7.88. The van der Waals surface area contributed by atoms with Crippen LogP contribution in [0.1, 0.15) is 70.0 Å². The highest BCUT2D eigenvalue weighted by molar-refractivity contribution is 5.93. The third kappa shape index (κ3) is 5.89. The van der Waals surface area contributed by atoms with Crippen molar-refractivity contribution in [2.24, 2.45) is 0 Å². The molecule has 3 rings (SSSR count). The molecule has 2 heterocycles. The van der Waals surface area contributed by atoms with Gasteiger partial charge in [-0.15, -0.1) is 0 Å². The first-order chi connectivity index (χ1) is 14.6. The number of carbonyl (C=O) groups excluding carboxylic acids is 2. The van der Waals surface area contributed by atoms with Crippen molar-refractivity contribution in [1.29, 1.82) is 0 Å². The fourth-order valence-electron chi connectivity index (χ4n) is 3.88. The summed E-state index contributed by atoms with van der Waals surface area (Å²) in [7, 11) is 0. The van der Waals surface area contributed by atoms with E-state index in [1.54, 1.807) is 28.2 Å². The molecule has 0 radical (unpaired) electrons. The lowest BCUT2D eigenvalue weighted by molar-refractivity contribution is -0.129. The largest absolute Gasteiger partial charge is 0.326 e. The average Bonchev–Trinajstić information content (AvgIpc) is 2.99. The Morgan fingerprint density at radius 2 is 1.73 bits per heavy atom. The van der Waals surface area contributed by atoms with Gasteiger partial charge < -0.3 is 5.32 Å². The minimum atomic E-state index is -0.365. The molecule has 30 heavy (non-hydrogen) atoms. The quantitative estimate of drug-likeness (QED) is 0.331. The van der Waals surface area contributed by atoms with Gasteiger partial charge in [0.1, 0.15) is 5.82 Å². The van der Waals surface area contributed by atoms with Crippen molar-refractivity contribution in [3.05, 3.63) is 34.4 Å². The molecule has 0 spiro atoms. The van der Waals surface area contributed by atoms with Crippen LogP contribution in [0.25, 0.3) is 10.9 Å². The maximum atomic E-state index is 12.9. The van der Waals surface area contributed by atoms with E-state index in [4.69, 9.17) is 5.21 Å². The third-order valence-corrected chi connectivity index (χ3v) is 5.53. The zero-order valence-electron chi connectivity index (χ0n) is 17.3. The van der Waals surface area contributed by atoms with Crippen molar-refractivity contribution in [1.82, 2.24) is 15.0 Å². The molecule has 0 fully saturated rings. The molecule has 0 atom stereocenters. The number of hydrogen-bond donors (Lipinski definition) is 3. The number of nitrogens with one attached hydrogen (secondary N) is 2. The number of aryl methyl sites for hydroxylation is 1. The van der Waals surface area contributed by atoms with Crippen LogP contribution in [-0.4, -0.2) is 26.6 Å². The van der Waals surface area contributed by atoms with Crippen LogP contribution in [0.4, 0.5) is 5.69 Å². The first kappa shape index (κ1) is 22.0. The average molecular weight is 415 g/mol. The number of amides is 2. The van der Waals surface area contributed by atoms with E-state index in [1.165, 1.54) is 0 Å². The Morgan fingerprint density at radius 1 is 1.00 bits per heavy atom. The van der Waals surface area contributed by atoms with Crippen molar-refractivity contribution in [2.45, 2.75) is 77.2 Å². The van der Waals surface area contributed by atoms with Gasteiger partial charge in [0, 0.05) is 31.5 Å². The van der Waals surface area contributed by atoms with Gasteiger partial charge >= 0.3 is 0 Å². The monoisotopic (exact) mass is 414 g/mol. The maximum Gasteiger partial charge on any atom is 0.261 e. The standard InChI is InChI=1S/C22H30N4O4/c27-20(10-6-2-1-3-7-11-21(28)25-30)23-16-12-13-18-17(15-16)22(29)26-14-8-4-5-9-19(26)24-18/h12-13,15,30H,1-11,14H2,(H,23,27)(H,25,28). The van der Waals surface area contributed by atoms with Crippen LogP contribution < -0.4 is 16.4 Å². The highest BCUT2D eigenvalue weighted by Crippen LogP contribution is 2.19. The molecule has 162 valence electrons. The number of benzene rings is 1. The SMILES string of the molecule is O=C(CCCCCCCC(=O)Nc1ccc2nc3n(c(=O)c2c1)CCCCC3)NO. The second kappa shape index (κ2) is 10.9. The van der Waals surface area contributed by atoms with Gasteiger partial charge in [-0.2, -0.15) is 0 Å². The molecule has 2 amide bonds.